The maximum Gasteiger partial charge on any atom is 0.131 e. The van der Waals surface area contributed by atoms with Crippen molar-refractivity contribution >= 4 is 22.1 Å². The van der Waals surface area contributed by atoms with Crippen LogP contribution in [0.2, 0.25) is 0 Å². The molecule has 0 saturated heterocycles. The maximum absolute atomic E-state index is 13.7. The van der Waals surface area contributed by atoms with Gasteiger partial charge in [0, 0.05) is 22.1 Å². The highest BCUT2D eigenvalue weighted by molar-refractivity contribution is 5.95. The Morgan fingerprint density at radius 3 is 2.22 bits per heavy atom. The van der Waals surface area contributed by atoms with E-state index in [2.05, 4.69) is 5.32 Å². The van der Waals surface area contributed by atoms with Gasteiger partial charge >= 0.3 is 0 Å². The smallest absolute Gasteiger partial charge is 0.131 e. The summed E-state index contributed by atoms with van der Waals surface area (Å²) in [7, 11) is 0. The van der Waals surface area contributed by atoms with E-state index in [4.69, 9.17) is 0 Å². The zero-order valence-corrected chi connectivity index (χ0v) is 9.73. The van der Waals surface area contributed by atoms with Gasteiger partial charge in [0.2, 0.25) is 0 Å². The molecule has 2 heteroatoms. The van der Waals surface area contributed by atoms with E-state index in [9.17, 15) is 4.39 Å². The number of anilines is 2. The van der Waals surface area contributed by atoms with Crippen LogP contribution in [0.25, 0.3) is 10.8 Å². The van der Waals surface area contributed by atoms with Crippen LogP contribution in [-0.4, -0.2) is 0 Å². The van der Waals surface area contributed by atoms with Crippen LogP contribution < -0.4 is 5.32 Å². The number of fused-ring (bicyclic) bond motifs is 1. The molecule has 0 unspecified atom stereocenters. The van der Waals surface area contributed by atoms with Gasteiger partial charge in [0.15, 0.2) is 0 Å². The molecular formula is C16H12FN. The molecule has 0 aromatic heterocycles. The van der Waals surface area contributed by atoms with Crippen LogP contribution in [0.1, 0.15) is 0 Å². The third-order valence-electron chi connectivity index (χ3n) is 2.92. The van der Waals surface area contributed by atoms with Gasteiger partial charge in [-0.3, -0.25) is 0 Å². The molecule has 18 heavy (non-hydrogen) atoms. The lowest BCUT2D eigenvalue weighted by Crippen LogP contribution is -1.91. The second-order valence-corrected chi connectivity index (χ2v) is 4.13. The summed E-state index contributed by atoms with van der Waals surface area (Å²) in [5, 5.41) is 4.84. The molecule has 0 aliphatic carbocycles. The Balaban J connectivity index is 2.10. The molecule has 0 radical (unpaired) electrons. The zero-order valence-electron chi connectivity index (χ0n) is 9.73. The van der Waals surface area contributed by atoms with E-state index in [-0.39, 0.29) is 5.82 Å². The number of hydrogen-bond acceptors (Lipinski definition) is 1. The highest BCUT2D eigenvalue weighted by Crippen LogP contribution is 2.27. The average Bonchev–Trinajstić information content (AvgIpc) is 2.41. The fraction of sp³-hybridized carbons (Fsp3) is 0. The number of benzene rings is 3. The van der Waals surface area contributed by atoms with Crippen LogP contribution in [0.3, 0.4) is 0 Å². The van der Waals surface area contributed by atoms with Gasteiger partial charge in [0.1, 0.15) is 5.82 Å². The lowest BCUT2D eigenvalue weighted by Gasteiger charge is -2.10. The van der Waals surface area contributed by atoms with E-state index in [0.717, 1.165) is 16.8 Å². The van der Waals surface area contributed by atoms with Crippen molar-refractivity contribution in [3.05, 3.63) is 72.5 Å². The van der Waals surface area contributed by atoms with E-state index in [0.29, 0.717) is 5.39 Å². The van der Waals surface area contributed by atoms with Crippen molar-refractivity contribution < 1.29 is 4.39 Å². The Bertz CT molecular complexity index is 677. The van der Waals surface area contributed by atoms with E-state index in [1.165, 1.54) is 6.07 Å². The highest BCUT2D eigenvalue weighted by atomic mass is 19.1. The number of halogens is 1. The van der Waals surface area contributed by atoms with Gasteiger partial charge in [-0.25, -0.2) is 4.39 Å². The first kappa shape index (κ1) is 10.8. The van der Waals surface area contributed by atoms with Gasteiger partial charge in [0.25, 0.3) is 0 Å². The Kier molecular flexibility index (Phi) is 2.69. The van der Waals surface area contributed by atoms with Gasteiger partial charge < -0.3 is 5.32 Å². The summed E-state index contributed by atoms with van der Waals surface area (Å²) in [6.45, 7) is 0. The minimum absolute atomic E-state index is 0.191. The van der Waals surface area contributed by atoms with Crippen LogP contribution in [0.5, 0.6) is 0 Å². The van der Waals surface area contributed by atoms with Crippen molar-refractivity contribution in [2.24, 2.45) is 0 Å². The molecule has 0 amide bonds. The van der Waals surface area contributed by atoms with Crippen molar-refractivity contribution in [3.8, 4) is 0 Å². The molecule has 0 bridgehead atoms. The second kappa shape index (κ2) is 4.49. The molecule has 0 aliphatic heterocycles. The summed E-state index contributed by atoms with van der Waals surface area (Å²) in [5.74, 6) is -0.191. The monoisotopic (exact) mass is 237 g/mol. The minimum Gasteiger partial charge on any atom is -0.355 e. The second-order valence-electron chi connectivity index (χ2n) is 4.13. The van der Waals surface area contributed by atoms with Crippen LogP contribution in [0, 0.1) is 5.82 Å². The minimum atomic E-state index is -0.191. The van der Waals surface area contributed by atoms with Crippen LogP contribution >= 0.6 is 0 Å². The molecule has 0 fully saturated rings. The molecule has 1 N–H and O–H groups in total. The van der Waals surface area contributed by atoms with Gasteiger partial charge in [-0.2, -0.15) is 0 Å². The predicted octanol–water partition coefficient (Wildman–Crippen LogP) is 4.72. The van der Waals surface area contributed by atoms with Crippen molar-refractivity contribution in [1.29, 1.82) is 0 Å². The molecule has 0 spiro atoms. The van der Waals surface area contributed by atoms with Crippen molar-refractivity contribution in [2.45, 2.75) is 0 Å². The number of rotatable bonds is 2. The third kappa shape index (κ3) is 1.93. The molecule has 0 saturated carbocycles. The largest absolute Gasteiger partial charge is 0.355 e. The normalized spacial score (nSPS) is 10.5. The summed E-state index contributed by atoms with van der Waals surface area (Å²) >= 11 is 0. The average molecular weight is 237 g/mol. The third-order valence-corrected chi connectivity index (χ3v) is 2.92. The molecule has 1 nitrogen and oxygen atoms in total. The summed E-state index contributed by atoms with van der Waals surface area (Å²) in [6.07, 6.45) is 0. The molecular weight excluding hydrogens is 225 g/mol. The van der Waals surface area contributed by atoms with E-state index < -0.39 is 0 Å². The topological polar surface area (TPSA) is 12.0 Å². The Labute approximate surface area is 105 Å². The van der Waals surface area contributed by atoms with E-state index >= 15 is 0 Å². The van der Waals surface area contributed by atoms with E-state index in [1.807, 2.05) is 48.5 Å². The SMILES string of the molecule is Fc1cccc2c(Nc3ccccc3)cccc12. The van der Waals surface area contributed by atoms with Crippen molar-refractivity contribution in [3.63, 3.8) is 0 Å². The molecule has 3 rings (SSSR count). The Hall–Kier alpha value is -2.35. The van der Waals surface area contributed by atoms with Crippen molar-refractivity contribution in [1.82, 2.24) is 0 Å². The standard InChI is InChI=1S/C16H12FN/c17-15-10-4-9-14-13(15)8-5-11-16(14)18-12-6-2-1-3-7-12/h1-11,18H. The molecule has 3 aromatic rings. The lowest BCUT2D eigenvalue weighted by molar-refractivity contribution is 0.640. The fourth-order valence-electron chi connectivity index (χ4n) is 2.06. The Morgan fingerprint density at radius 1 is 0.667 bits per heavy atom. The van der Waals surface area contributed by atoms with Gasteiger partial charge in [-0.1, -0.05) is 42.5 Å². The van der Waals surface area contributed by atoms with Crippen LogP contribution in [0.15, 0.2) is 66.7 Å². The molecule has 0 atom stereocenters. The maximum atomic E-state index is 13.7. The number of nitrogens with one attached hydrogen (secondary N) is 1. The first-order chi connectivity index (χ1) is 8.84. The summed E-state index contributed by atoms with van der Waals surface area (Å²) in [6, 6.07) is 20.6. The van der Waals surface area contributed by atoms with Gasteiger partial charge in [0.05, 0.1) is 0 Å². The van der Waals surface area contributed by atoms with Crippen LogP contribution in [0.4, 0.5) is 15.8 Å². The van der Waals surface area contributed by atoms with Crippen LogP contribution in [-0.2, 0) is 0 Å². The summed E-state index contributed by atoms with van der Waals surface area (Å²) in [5.41, 5.74) is 1.91. The van der Waals surface area contributed by atoms with Gasteiger partial charge in [-0.05, 0) is 24.3 Å². The fourth-order valence-corrected chi connectivity index (χ4v) is 2.06. The zero-order chi connectivity index (χ0) is 12.4. The predicted molar refractivity (Wildman–Crippen MR) is 73.6 cm³/mol. The first-order valence-electron chi connectivity index (χ1n) is 5.84. The molecule has 0 aliphatic rings. The summed E-state index contributed by atoms with van der Waals surface area (Å²) < 4.78 is 13.7. The number of hydrogen-bond donors (Lipinski definition) is 1. The molecule has 88 valence electrons. The summed E-state index contributed by atoms with van der Waals surface area (Å²) in [4.78, 5) is 0. The van der Waals surface area contributed by atoms with E-state index in [1.54, 1.807) is 12.1 Å². The first-order valence-corrected chi connectivity index (χ1v) is 5.84. The Morgan fingerprint density at radius 2 is 1.39 bits per heavy atom. The number of para-hydroxylation sites is 1. The van der Waals surface area contributed by atoms with Crippen molar-refractivity contribution in [2.75, 3.05) is 5.32 Å². The quantitative estimate of drug-likeness (QED) is 0.679. The molecule has 3 aromatic carbocycles. The lowest BCUT2D eigenvalue weighted by atomic mass is 10.1. The highest BCUT2D eigenvalue weighted by Gasteiger charge is 2.04. The molecule has 0 heterocycles. The van der Waals surface area contributed by atoms with Gasteiger partial charge in [-0.15, -0.1) is 0 Å².